The maximum atomic E-state index is 5.92. The molecule has 0 N–H and O–H groups in total. The Kier molecular flexibility index (Phi) is 5.61. The van der Waals surface area contributed by atoms with Crippen molar-refractivity contribution in [2.45, 2.75) is 0 Å². The molecule has 0 radical (unpaired) electrons. The molecule has 2 aromatic carbocycles. The monoisotopic (exact) mass is 368 g/mol. The Labute approximate surface area is 156 Å². The molecule has 2 heterocycles. The van der Waals surface area contributed by atoms with Crippen molar-refractivity contribution in [3.05, 3.63) is 48.5 Å². The van der Waals surface area contributed by atoms with Gasteiger partial charge in [-0.2, -0.15) is 0 Å². The minimum absolute atomic E-state index is 0.393. The highest BCUT2D eigenvalue weighted by Gasteiger charge is 2.17. The molecule has 0 saturated heterocycles. The molecule has 0 atom stereocenters. The van der Waals surface area contributed by atoms with E-state index in [9.17, 15) is 0 Å². The van der Waals surface area contributed by atoms with Gasteiger partial charge in [-0.25, -0.2) is 0 Å². The van der Waals surface area contributed by atoms with E-state index in [1.54, 1.807) is 0 Å². The van der Waals surface area contributed by atoms with Crippen LogP contribution in [0.2, 0.25) is 0 Å². The summed E-state index contributed by atoms with van der Waals surface area (Å²) in [5, 5.41) is 8.38. The first kappa shape index (κ1) is 17.5. The second-order valence-corrected chi connectivity index (χ2v) is 5.83. The summed E-state index contributed by atoms with van der Waals surface area (Å²) < 4.78 is 28.6. The Morgan fingerprint density at radius 2 is 1.00 bits per heavy atom. The SMILES string of the molecule is c1ccc2c(c1)OCCOCCOCCOc1ccccc1-c1nnc-2o1. The van der Waals surface area contributed by atoms with Crippen LogP contribution < -0.4 is 9.47 Å². The Balaban J connectivity index is 1.67. The molecule has 0 unspecified atom stereocenters. The second kappa shape index (κ2) is 8.66. The fourth-order valence-electron chi connectivity index (χ4n) is 2.72. The van der Waals surface area contributed by atoms with Gasteiger partial charge in [-0.05, 0) is 24.3 Å². The molecule has 7 nitrogen and oxygen atoms in total. The van der Waals surface area contributed by atoms with Crippen molar-refractivity contribution in [3.8, 4) is 34.4 Å². The summed E-state index contributed by atoms with van der Waals surface area (Å²) in [6.07, 6.45) is 0. The van der Waals surface area contributed by atoms with Crippen molar-refractivity contribution in [1.82, 2.24) is 10.2 Å². The number of rotatable bonds is 0. The molecule has 1 aliphatic rings. The van der Waals surface area contributed by atoms with Gasteiger partial charge in [0.25, 0.3) is 11.8 Å². The van der Waals surface area contributed by atoms with Crippen LogP contribution >= 0.6 is 0 Å². The van der Waals surface area contributed by atoms with Gasteiger partial charge in [-0.3, -0.25) is 0 Å². The zero-order chi connectivity index (χ0) is 18.3. The van der Waals surface area contributed by atoms with Crippen LogP contribution in [-0.4, -0.2) is 49.8 Å². The minimum Gasteiger partial charge on any atom is -0.490 e. The molecule has 4 rings (SSSR count). The highest BCUT2D eigenvalue weighted by molar-refractivity contribution is 5.66. The lowest BCUT2D eigenvalue weighted by atomic mass is 10.2. The third-order valence-electron chi connectivity index (χ3n) is 4.00. The van der Waals surface area contributed by atoms with Crippen LogP contribution in [0.25, 0.3) is 22.9 Å². The maximum Gasteiger partial charge on any atom is 0.251 e. The van der Waals surface area contributed by atoms with Crippen LogP contribution in [0.4, 0.5) is 0 Å². The molecule has 1 aromatic heterocycles. The molecule has 0 aliphatic carbocycles. The van der Waals surface area contributed by atoms with Crippen molar-refractivity contribution in [2.24, 2.45) is 0 Å². The summed E-state index contributed by atoms with van der Waals surface area (Å²) in [6, 6.07) is 15.1. The van der Waals surface area contributed by atoms with Gasteiger partial charge in [0, 0.05) is 0 Å². The summed E-state index contributed by atoms with van der Waals surface area (Å²) in [7, 11) is 0. The lowest BCUT2D eigenvalue weighted by Crippen LogP contribution is -2.13. The van der Waals surface area contributed by atoms with Gasteiger partial charge in [0.1, 0.15) is 24.7 Å². The Hall–Kier alpha value is -2.90. The summed E-state index contributed by atoms with van der Waals surface area (Å²) in [4.78, 5) is 0. The topological polar surface area (TPSA) is 75.8 Å². The molecule has 0 saturated carbocycles. The molecule has 0 amide bonds. The first-order chi connectivity index (χ1) is 13.4. The van der Waals surface area contributed by atoms with Gasteiger partial charge < -0.3 is 23.4 Å². The Bertz CT molecular complexity index is 810. The average molecular weight is 368 g/mol. The summed E-state index contributed by atoms with van der Waals surface area (Å²) >= 11 is 0. The molecule has 140 valence electrons. The number of fused-ring (bicyclic) bond motifs is 6. The Morgan fingerprint density at radius 3 is 1.52 bits per heavy atom. The van der Waals surface area contributed by atoms with E-state index < -0.39 is 0 Å². The number of para-hydroxylation sites is 2. The van der Waals surface area contributed by atoms with Gasteiger partial charge in [-0.1, -0.05) is 24.3 Å². The average Bonchev–Trinajstić information content (AvgIpc) is 3.19. The number of hydrogen-bond donors (Lipinski definition) is 0. The number of benzene rings is 2. The van der Waals surface area contributed by atoms with Crippen molar-refractivity contribution in [2.75, 3.05) is 39.6 Å². The van der Waals surface area contributed by atoms with E-state index in [1.165, 1.54) is 0 Å². The molecule has 3 aromatic rings. The first-order valence-corrected chi connectivity index (χ1v) is 8.85. The number of aromatic nitrogens is 2. The van der Waals surface area contributed by atoms with Gasteiger partial charge in [0.05, 0.1) is 37.6 Å². The third-order valence-corrected chi connectivity index (χ3v) is 4.00. The van der Waals surface area contributed by atoms with Crippen LogP contribution in [0.3, 0.4) is 0 Å². The predicted molar refractivity (Wildman–Crippen MR) is 97.8 cm³/mol. The lowest BCUT2D eigenvalue weighted by molar-refractivity contribution is 0.0274. The Morgan fingerprint density at radius 1 is 0.556 bits per heavy atom. The number of hydrogen-bond acceptors (Lipinski definition) is 7. The van der Waals surface area contributed by atoms with Gasteiger partial charge in [-0.15, -0.1) is 10.2 Å². The van der Waals surface area contributed by atoms with E-state index in [1.807, 2.05) is 48.5 Å². The molecule has 0 fully saturated rings. The van der Waals surface area contributed by atoms with Crippen LogP contribution in [0, 0.1) is 0 Å². The molecular weight excluding hydrogens is 348 g/mol. The fraction of sp³-hybridized carbons (Fsp3) is 0.300. The third kappa shape index (κ3) is 4.27. The molecule has 2 bridgehead atoms. The van der Waals surface area contributed by atoms with Crippen LogP contribution in [0.1, 0.15) is 0 Å². The van der Waals surface area contributed by atoms with Crippen LogP contribution in [0.15, 0.2) is 52.9 Å². The fourth-order valence-corrected chi connectivity index (χ4v) is 2.72. The smallest absolute Gasteiger partial charge is 0.251 e. The van der Waals surface area contributed by atoms with Crippen LogP contribution in [0.5, 0.6) is 11.5 Å². The standard InChI is InChI=1S/C20H20N2O5/c1-3-7-17-15(5-1)19-21-22-20(27-19)16-6-2-4-8-18(16)26-14-12-24-10-9-23-11-13-25-17/h1-8H,9-14H2. The largest absolute Gasteiger partial charge is 0.490 e. The van der Waals surface area contributed by atoms with E-state index >= 15 is 0 Å². The van der Waals surface area contributed by atoms with E-state index in [4.69, 9.17) is 23.4 Å². The molecule has 27 heavy (non-hydrogen) atoms. The molecule has 0 spiro atoms. The normalized spacial score (nSPS) is 15.6. The molecule has 1 aliphatic heterocycles. The van der Waals surface area contributed by atoms with Crippen molar-refractivity contribution in [1.29, 1.82) is 0 Å². The van der Waals surface area contributed by atoms with Gasteiger partial charge >= 0.3 is 0 Å². The number of ether oxygens (including phenoxy) is 4. The lowest BCUT2D eigenvalue weighted by Gasteiger charge is -2.10. The molecular formula is C20H20N2O5. The van der Waals surface area contributed by atoms with Crippen molar-refractivity contribution in [3.63, 3.8) is 0 Å². The minimum atomic E-state index is 0.393. The summed E-state index contributed by atoms with van der Waals surface area (Å²) in [5.74, 6) is 2.12. The first-order valence-electron chi connectivity index (χ1n) is 8.85. The van der Waals surface area contributed by atoms with E-state index in [0.717, 1.165) is 11.1 Å². The highest BCUT2D eigenvalue weighted by Crippen LogP contribution is 2.34. The quantitative estimate of drug-likeness (QED) is 0.603. The van der Waals surface area contributed by atoms with Crippen molar-refractivity contribution < 1.29 is 23.4 Å². The molecule has 7 heteroatoms. The maximum absolute atomic E-state index is 5.92. The van der Waals surface area contributed by atoms with Crippen LogP contribution in [-0.2, 0) is 9.47 Å². The van der Waals surface area contributed by atoms with E-state index in [2.05, 4.69) is 10.2 Å². The van der Waals surface area contributed by atoms with Gasteiger partial charge in [0.2, 0.25) is 0 Å². The van der Waals surface area contributed by atoms with E-state index in [-0.39, 0.29) is 0 Å². The zero-order valence-corrected chi connectivity index (χ0v) is 14.8. The highest BCUT2D eigenvalue weighted by atomic mass is 16.6. The van der Waals surface area contributed by atoms with Crippen molar-refractivity contribution >= 4 is 0 Å². The van der Waals surface area contributed by atoms with Gasteiger partial charge in [0.15, 0.2) is 0 Å². The second-order valence-electron chi connectivity index (χ2n) is 5.83. The number of nitrogens with zero attached hydrogens (tertiary/aromatic N) is 2. The predicted octanol–water partition coefficient (Wildman–Crippen LogP) is 3.21. The zero-order valence-electron chi connectivity index (χ0n) is 14.8. The van der Waals surface area contributed by atoms with E-state index in [0.29, 0.717) is 62.9 Å². The summed E-state index contributed by atoms with van der Waals surface area (Å²) in [5.41, 5.74) is 1.48. The summed E-state index contributed by atoms with van der Waals surface area (Å²) in [6.45, 7) is 2.79.